The normalized spacial score (nSPS) is 9.00. The van der Waals surface area contributed by atoms with Crippen LogP contribution in [0.1, 0.15) is 0 Å². The highest BCUT2D eigenvalue weighted by molar-refractivity contribution is 5.55. The Morgan fingerprint density at radius 1 is 1.42 bits per heavy atom. The van der Waals surface area contributed by atoms with Gasteiger partial charge >= 0.3 is 0 Å². The average molecular weight is 165 g/mol. The van der Waals surface area contributed by atoms with E-state index in [2.05, 4.69) is 5.18 Å². The Morgan fingerprint density at radius 3 is 2.83 bits per heavy atom. The second kappa shape index (κ2) is 4.23. The first-order chi connectivity index (χ1) is 5.88. The van der Waals surface area contributed by atoms with Gasteiger partial charge < -0.3 is 4.74 Å². The zero-order valence-electron chi connectivity index (χ0n) is 6.27. The predicted octanol–water partition coefficient (Wildman–Crippen LogP) is 1.66. The van der Waals surface area contributed by atoms with Crippen molar-refractivity contribution in [3.8, 4) is 5.75 Å². The number of rotatable bonds is 4. The van der Waals surface area contributed by atoms with Gasteiger partial charge in [0.1, 0.15) is 18.0 Å². The van der Waals surface area contributed by atoms with Crippen LogP contribution in [-0.4, -0.2) is 12.9 Å². The monoisotopic (exact) mass is 165 g/mol. The first kappa shape index (κ1) is 8.39. The highest BCUT2D eigenvalue weighted by Gasteiger charge is 2.00. The Labute approximate surface area is 69.1 Å². The Morgan fingerprint density at radius 2 is 2.17 bits per heavy atom. The van der Waals surface area contributed by atoms with Crippen molar-refractivity contribution >= 4 is 12.0 Å². The Balaban J connectivity index is 2.81. The molecule has 0 saturated carbocycles. The van der Waals surface area contributed by atoms with Crippen molar-refractivity contribution in [1.29, 1.82) is 0 Å². The molecule has 0 aliphatic heterocycles. The SMILES string of the molecule is O=CCOc1ccccc1N=O. The molecule has 1 aromatic carbocycles. The van der Waals surface area contributed by atoms with Crippen LogP contribution in [0.25, 0.3) is 0 Å². The van der Waals surface area contributed by atoms with Crippen molar-refractivity contribution in [1.82, 2.24) is 0 Å². The minimum atomic E-state index is -0.0630. The number of aldehydes is 1. The number of para-hydroxylation sites is 1. The molecule has 0 aliphatic carbocycles. The number of hydrogen-bond donors (Lipinski definition) is 0. The molecule has 1 aromatic rings. The minimum Gasteiger partial charge on any atom is -0.484 e. The van der Waals surface area contributed by atoms with E-state index in [-0.39, 0.29) is 12.3 Å². The first-order valence-electron chi connectivity index (χ1n) is 3.37. The van der Waals surface area contributed by atoms with Gasteiger partial charge in [0.25, 0.3) is 0 Å². The Kier molecular flexibility index (Phi) is 2.95. The predicted molar refractivity (Wildman–Crippen MR) is 43.5 cm³/mol. The summed E-state index contributed by atoms with van der Waals surface area (Å²) in [5.74, 6) is 0.333. The lowest BCUT2D eigenvalue weighted by molar-refractivity contribution is -0.109. The zero-order valence-corrected chi connectivity index (χ0v) is 6.27. The third-order valence-electron chi connectivity index (χ3n) is 1.27. The van der Waals surface area contributed by atoms with Gasteiger partial charge in [-0.15, -0.1) is 4.91 Å². The molecule has 0 heterocycles. The second-order valence-corrected chi connectivity index (χ2v) is 2.04. The van der Waals surface area contributed by atoms with Crippen molar-refractivity contribution in [2.75, 3.05) is 6.61 Å². The molecular weight excluding hydrogens is 158 g/mol. The smallest absolute Gasteiger partial charge is 0.157 e. The number of benzene rings is 1. The lowest BCUT2D eigenvalue weighted by atomic mass is 10.3. The highest BCUT2D eigenvalue weighted by Crippen LogP contribution is 2.25. The van der Waals surface area contributed by atoms with Gasteiger partial charge in [-0.3, -0.25) is 4.79 Å². The molecule has 62 valence electrons. The van der Waals surface area contributed by atoms with E-state index in [1.807, 2.05) is 0 Å². The van der Waals surface area contributed by atoms with Crippen molar-refractivity contribution in [3.05, 3.63) is 29.2 Å². The lowest BCUT2D eigenvalue weighted by Crippen LogP contribution is -1.97. The first-order valence-corrected chi connectivity index (χ1v) is 3.37. The standard InChI is InChI=1S/C8H7NO3/c10-5-6-12-8-4-2-1-3-7(8)9-11/h1-5H,6H2. The van der Waals surface area contributed by atoms with E-state index in [0.717, 1.165) is 0 Å². The van der Waals surface area contributed by atoms with Gasteiger partial charge in [-0.1, -0.05) is 12.1 Å². The largest absolute Gasteiger partial charge is 0.484 e. The van der Waals surface area contributed by atoms with Crippen LogP contribution >= 0.6 is 0 Å². The molecule has 0 amide bonds. The molecule has 0 atom stereocenters. The number of carbonyl (C=O) groups excluding carboxylic acids is 1. The van der Waals surface area contributed by atoms with Crippen LogP contribution in [0.5, 0.6) is 5.75 Å². The maximum absolute atomic E-state index is 10.2. The third kappa shape index (κ3) is 1.88. The molecule has 0 N–H and O–H groups in total. The van der Waals surface area contributed by atoms with E-state index < -0.39 is 0 Å². The van der Waals surface area contributed by atoms with Gasteiger partial charge in [0.15, 0.2) is 6.29 Å². The third-order valence-corrected chi connectivity index (χ3v) is 1.27. The molecule has 0 bridgehead atoms. The van der Waals surface area contributed by atoms with Crippen LogP contribution < -0.4 is 4.74 Å². The molecule has 12 heavy (non-hydrogen) atoms. The zero-order chi connectivity index (χ0) is 8.81. The maximum atomic E-state index is 10.2. The van der Waals surface area contributed by atoms with Gasteiger partial charge in [-0.25, -0.2) is 0 Å². The van der Waals surface area contributed by atoms with E-state index >= 15 is 0 Å². The summed E-state index contributed by atoms with van der Waals surface area (Å²) < 4.78 is 4.92. The van der Waals surface area contributed by atoms with E-state index in [1.54, 1.807) is 18.2 Å². The number of carbonyl (C=O) groups is 1. The summed E-state index contributed by atoms with van der Waals surface area (Å²) in [5, 5.41) is 2.73. The quantitative estimate of drug-likeness (QED) is 0.503. The van der Waals surface area contributed by atoms with Crippen molar-refractivity contribution in [3.63, 3.8) is 0 Å². The molecule has 1 rings (SSSR count). The summed E-state index contributed by atoms with van der Waals surface area (Å²) in [6, 6.07) is 6.48. The van der Waals surface area contributed by atoms with Gasteiger partial charge in [-0.2, -0.15) is 0 Å². The summed E-state index contributed by atoms with van der Waals surface area (Å²) in [5.41, 5.74) is 0.208. The molecular formula is C8H7NO3. The number of nitrogens with zero attached hydrogens (tertiary/aromatic N) is 1. The molecule has 4 nitrogen and oxygen atoms in total. The van der Waals surface area contributed by atoms with Crippen molar-refractivity contribution < 1.29 is 9.53 Å². The van der Waals surface area contributed by atoms with E-state index in [4.69, 9.17) is 4.74 Å². The second-order valence-electron chi connectivity index (χ2n) is 2.04. The van der Waals surface area contributed by atoms with E-state index in [0.29, 0.717) is 12.0 Å². The summed E-state index contributed by atoms with van der Waals surface area (Å²) in [4.78, 5) is 20.1. The summed E-state index contributed by atoms with van der Waals surface area (Å²) in [6.45, 7) is -0.0630. The molecule has 0 saturated heterocycles. The van der Waals surface area contributed by atoms with Crippen LogP contribution in [-0.2, 0) is 4.79 Å². The summed E-state index contributed by atoms with van der Waals surface area (Å²) in [7, 11) is 0. The fourth-order valence-electron chi connectivity index (χ4n) is 0.778. The molecule has 4 heteroatoms. The van der Waals surface area contributed by atoms with Crippen LogP contribution in [0.4, 0.5) is 5.69 Å². The number of nitroso groups, excluding NO2 is 1. The van der Waals surface area contributed by atoms with Gasteiger partial charge in [-0.05, 0) is 17.3 Å². The van der Waals surface area contributed by atoms with Gasteiger partial charge in [0.05, 0.1) is 0 Å². The van der Waals surface area contributed by atoms with Gasteiger partial charge in [0.2, 0.25) is 0 Å². The number of ether oxygens (including phenoxy) is 1. The van der Waals surface area contributed by atoms with Crippen LogP contribution in [0.15, 0.2) is 29.4 Å². The van der Waals surface area contributed by atoms with Crippen LogP contribution in [0.3, 0.4) is 0 Å². The molecule has 0 aromatic heterocycles. The summed E-state index contributed by atoms with van der Waals surface area (Å²) >= 11 is 0. The molecule has 0 fully saturated rings. The molecule has 0 radical (unpaired) electrons. The van der Waals surface area contributed by atoms with E-state index in [9.17, 15) is 9.70 Å². The Hall–Kier alpha value is -1.71. The summed E-state index contributed by atoms with van der Waals surface area (Å²) in [6.07, 6.45) is 0.613. The Bertz CT molecular complexity index is 285. The highest BCUT2D eigenvalue weighted by atomic mass is 16.5. The van der Waals surface area contributed by atoms with Crippen LogP contribution in [0, 0.1) is 4.91 Å². The number of hydrogen-bond acceptors (Lipinski definition) is 4. The topological polar surface area (TPSA) is 55.7 Å². The van der Waals surface area contributed by atoms with Crippen LogP contribution in [0.2, 0.25) is 0 Å². The molecule has 0 spiro atoms. The fourth-order valence-corrected chi connectivity index (χ4v) is 0.778. The van der Waals surface area contributed by atoms with E-state index in [1.165, 1.54) is 6.07 Å². The fraction of sp³-hybridized carbons (Fsp3) is 0.125. The average Bonchev–Trinajstić information content (AvgIpc) is 2.15. The van der Waals surface area contributed by atoms with Crippen molar-refractivity contribution in [2.45, 2.75) is 0 Å². The van der Waals surface area contributed by atoms with Gasteiger partial charge in [0, 0.05) is 0 Å². The van der Waals surface area contributed by atoms with Crippen molar-refractivity contribution in [2.24, 2.45) is 5.18 Å². The maximum Gasteiger partial charge on any atom is 0.157 e. The minimum absolute atomic E-state index is 0.0630. The lowest BCUT2D eigenvalue weighted by Gasteiger charge is -2.01. The molecule has 0 unspecified atom stereocenters. The molecule has 0 aliphatic rings.